The molecule has 1 aliphatic rings. The number of nitrogens with zero attached hydrogens (tertiary/aromatic N) is 3. The molecule has 6 heteroatoms. The minimum absolute atomic E-state index is 0.253. The first-order valence-corrected chi connectivity index (χ1v) is 6.90. The predicted octanol–water partition coefficient (Wildman–Crippen LogP) is 2.15. The highest BCUT2D eigenvalue weighted by Crippen LogP contribution is 2.33. The van der Waals surface area contributed by atoms with Gasteiger partial charge in [0.2, 0.25) is 0 Å². The van der Waals surface area contributed by atoms with Crippen LogP contribution in [-0.2, 0) is 16.1 Å². The number of rotatable bonds is 4. The van der Waals surface area contributed by atoms with E-state index < -0.39 is 12.1 Å². The minimum Gasteiger partial charge on any atom is -0.479 e. The van der Waals surface area contributed by atoms with Crippen LogP contribution in [0.2, 0.25) is 0 Å². The van der Waals surface area contributed by atoms with Crippen molar-refractivity contribution in [3.05, 3.63) is 24.2 Å². The Morgan fingerprint density at radius 3 is 3.10 bits per heavy atom. The van der Waals surface area contributed by atoms with Crippen LogP contribution >= 0.6 is 0 Å². The Hall–Kier alpha value is -1.95. The molecule has 0 spiro atoms. The Morgan fingerprint density at radius 1 is 1.55 bits per heavy atom. The van der Waals surface area contributed by atoms with Crippen molar-refractivity contribution in [3.8, 4) is 0 Å². The van der Waals surface area contributed by atoms with Crippen LogP contribution in [0.3, 0.4) is 0 Å². The number of imidazole rings is 1. The van der Waals surface area contributed by atoms with Gasteiger partial charge in [0, 0.05) is 12.7 Å². The van der Waals surface area contributed by atoms with Crippen LogP contribution in [0.1, 0.15) is 38.1 Å². The number of aryl methyl sites for hydroxylation is 1. The van der Waals surface area contributed by atoms with E-state index in [-0.39, 0.29) is 6.10 Å². The van der Waals surface area contributed by atoms with Crippen LogP contribution < -0.4 is 0 Å². The Kier molecular flexibility index (Phi) is 3.40. The topological polar surface area (TPSA) is 77.2 Å². The highest BCUT2D eigenvalue weighted by Gasteiger charge is 2.34. The molecule has 1 fully saturated rings. The molecule has 0 bridgehead atoms. The fourth-order valence-corrected chi connectivity index (χ4v) is 2.67. The van der Waals surface area contributed by atoms with Crippen LogP contribution in [0.5, 0.6) is 0 Å². The zero-order chi connectivity index (χ0) is 14.1. The summed E-state index contributed by atoms with van der Waals surface area (Å²) < 4.78 is 7.66. The molecule has 1 aliphatic heterocycles. The van der Waals surface area contributed by atoms with Gasteiger partial charge >= 0.3 is 5.97 Å². The van der Waals surface area contributed by atoms with E-state index >= 15 is 0 Å². The third-order valence-corrected chi connectivity index (χ3v) is 3.56. The molecule has 1 N–H and O–H groups in total. The molecular weight excluding hydrogens is 258 g/mol. The van der Waals surface area contributed by atoms with Crippen molar-refractivity contribution >= 4 is 17.1 Å². The van der Waals surface area contributed by atoms with Crippen LogP contribution in [0.25, 0.3) is 11.2 Å². The van der Waals surface area contributed by atoms with E-state index in [1.165, 1.54) is 0 Å². The van der Waals surface area contributed by atoms with Crippen LogP contribution in [0.15, 0.2) is 18.3 Å². The lowest BCUT2D eigenvalue weighted by atomic mass is 10.2. The van der Waals surface area contributed by atoms with Crippen molar-refractivity contribution < 1.29 is 14.6 Å². The van der Waals surface area contributed by atoms with E-state index in [2.05, 4.69) is 16.9 Å². The van der Waals surface area contributed by atoms with Gasteiger partial charge in [-0.2, -0.15) is 0 Å². The zero-order valence-electron chi connectivity index (χ0n) is 11.3. The second kappa shape index (κ2) is 5.20. The number of carboxylic acids is 1. The summed E-state index contributed by atoms with van der Waals surface area (Å²) in [5.41, 5.74) is 1.67. The molecule has 2 unspecified atom stereocenters. The number of fused-ring (bicyclic) bond motifs is 1. The summed E-state index contributed by atoms with van der Waals surface area (Å²) in [6, 6.07) is 3.77. The number of carbonyl (C=O) groups is 1. The fourth-order valence-electron chi connectivity index (χ4n) is 2.67. The molecular formula is C14H17N3O3. The standard InChI is InChI=1S/C14H17N3O3/c1-2-8-17-12-9(4-3-7-15-12)16-13(17)10-5-6-11(20-10)14(18)19/h3-4,7,10-11H,2,5-6,8H2,1H3,(H,18,19). The summed E-state index contributed by atoms with van der Waals surface area (Å²) in [6.45, 7) is 2.90. The van der Waals surface area contributed by atoms with Crippen LogP contribution in [-0.4, -0.2) is 31.7 Å². The molecule has 3 rings (SSSR count). The number of ether oxygens (including phenoxy) is 1. The largest absolute Gasteiger partial charge is 0.479 e. The van der Waals surface area contributed by atoms with Crippen molar-refractivity contribution in [2.75, 3.05) is 0 Å². The molecule has 0 aliphatic carbocycles. The summed E-state index contributed by atoms with van der Waals surface area (Å²) in [7, 11) is 0. The van der Waals surface area contributed by atoms with Gasteiger partial charge in [0.25, 0.3) is 0 Å². The van der Waals surface area contributed by atoms with Gasteiger partial charge in [0.15, 0.2) is 11.8 Å². The maximum absolute atomic E-state index is 11.0. The third-order valence-electron chi connectivity index (χ3n) is 3.56. The highest BCUT2D eigenvalue weighted by atomic mass is 16.5. The van der Waals surface area contributed by atoms with Crippen molar-refractivity contribution in [1.29, 1.82) is 0 Å². The van der Waals surface area contributed by atoms with Crippen molar-refractivity contribution in [3.63, 3.8) is 0 Å². The van der Waals surface area contributed by atoms with Crippen molar-refractivity contribution in [2.24, 2.45) is 0 Å². The van der Waals surface area contributed by atoms with Crippen molar-refractivity contribution in [1.82, 2.24) is 14.5 Å². The van der Waals surface area contributed by atoms with E-state index in [1.54, 1.807) is 6.20 Å². The molecule has 2 aromatic heterocycles. The molecule has 20 heavy (non-hydrogen) atoms. The van der Waals surface area contributed by atoms with Gasteiger partial charge in [-0.05, 0) is 31.4 Å². The molecule has 0 amide bonds. The average molecular weight is 275 g/mol. The number of aromatic nitrogens is 3. The minimum atomic E-state index is -0.899. The fraction of sp³-hybridized carbons (Fsp3) is 0.500. The Balaban J connectivity index is 1.98. The first-order chi connectivity index (χ1) is 9.70. The highest BCUT2D eigenvalue weighted by molar-refractivity contribution is 5.73. The molecule has 106 valence electrons. The molecule has 6 nitrogen and oxygen atoms in total. The lowest BCUT2D eigenvalue weighted by molar-refractivity contribution is -0.149. The Bertz CT molecular complexity index is 638. The molecule has 0 radical (unpaired) electrons. The van der Waals surface area contributed by atoms with Gasteiger partial charge in [0.05, 0.1) is 0 Å². The molecule has 0 saturated carbocycles. The van der Waals surface area contributed by atoms with E-state index in [1.807, 2.05) is 16.7 Å². The molecule has 2 aromatic rings. The van der Waals surface area contributed by atoms with Gasteiger partial charge in [-0.3, -0.25) is 0 Å². The summed E-state index contributed by atoms with van der Waals surface area (Å²) >= 11 is 0. The lowest BCUT2D eigenvalue weighted by Crippen LogP contribution is -2.19. The summed E-state index contributed by atoms with van der Waals surface area (Å²) in [5, 5.41) is 9.03. The number of aliphatic carboxylic acids is 1. The van der Waals surface area contributed by atoms with Crippen molar-refractivity contribution in [2.45, 2.75) is 44.9 Å². The second-order valence-electron chi connectivity index (χ2n) is 5.00. The predicted molar refractivity (Wildman–Crippen MR) is 72.3 cm³/mol. The molecule has 1 saturated heterocycles. The number of hydrogen-bond donors (Lipinski definition) is 1. The normalized spacial score (nSPS) is 22.4. The van der Waals surface area contributed by atoms with Gasteiger partial charge in [-0.15, -0.1) is 0 Å². The summed E-state index contributed by atoms with van der Waals surface area (Å²) in [5.74, 6) is -0.104. The zero-order valence-corrected chi connectivity index (χ0v) is 11.3. The maximum atomic E-state index is 11.0. The maximum Gasteiger partial charge on any atom is 0.332 e. The quantitative estimate of drug-likeness (QED) is 0.925. The third kappa shape index (κ3) is 2.16. The van der Waals surface area contributed by atoms with E-state index in [4.69, 9.17) is 9.84 Å². The van der Waals surface area contributed by atoms with Gasteiger partial charge < -0.3 is 14.4 Å². The smallest absolute Gasteiger partial charge is 0.332 e. The number of hydrogen-bond acceptors (Lipinski definition) is 4. The van der Waals surface area contributed by atoms with Gasteiger partial charge in [-0.25, -0.2) is 14.8 Å². The van der Waals surface area contributed by atoms with Gasteiger partial charge in [0.1, 0.15) is 17.4 Å². The number of carboxylic acid groups (broad SMARTS) is 1. The SMILES string of the molecule is CCCn1c(C2CCC(C(=O)O)O2)nc2cccnc21. The second-order valence-corrected chi connectivity index (χ2v) is 5.00. The Labute approximate surface area is 116 Å². The van der Waals surface area contributed by atoms with Crippen LogP contribution in [0.4, 0.5) is 0 Å². The van der Waals surface area contributed by atoms with E-state index in [0.29, 0.717) is 12.8 Å². The summed E-state index contributed by atoms with van der Waals surface area (Å²) in [4.78, 5) is 20.0. The molecule has 2 atom stereocenters. The molecule has 0 aromatic carbocycles. The average Bonchev–Trinajstić information content (AvgIpc) is 3.04. The first-order valence-electron chi connectivity index (χ1n) is 6.90. The summed E-state index contributed by atoms with van der Waals surface area (Å²) in [6.07, 6.45) is 2.95. The van der Waals surface area contributed by atoms with E-state index in [0.717, 1.165) is 30.0 Å². The van der Waals surface area contributed by atoms with Gasteiger partial charge in [-0.1, -0.05) is 6.92 Å². The lowest BCUT2D eigenvalue weighted by Gasteiger charge is -2.13. The monoisotopic (exact) mass is 275 g/mol. The Morgan fingerprint density at radius 2 is 2.40 bits per heavy atom. The number of pyridine rings is 1. The van der Waals surface area contributed by atoms with E-state index in [9.17, 15) is 4.79 Å². The molecule has 3 heterocycles. The first kappa shape index (κ1) is 13.1. The van der Waals surface area contributed by atoms with Crippen LogP contribution in [0, 0.1) is 0 Å².